The molecule has 0 aromatic carbocycles. The quantitative estimate of drug-likeness (QED) is 0.824. The van der Waals surface area contributed by atoms with E-state index in [2.05, 4.69) is 45.1 Å². The number of aliphatic hydroxyl groups excluding tert-OH is 1. The van der Waals surface area contributed by atoms with Crippen LogP contribution >= 0.6 is 15.9 Å². The number of aromatic nitrogens is 2. The lowest BCUT2D eigenvalue weighted by atomic mass is 10.1. The van der Waals surface area contributed by atoms with Gasteiger partial charge in [0.1, 0.15) is 16.2 Å². The van der Waals surface area contributed by atoms with Gasteiger partial charge in [-0.2, -0.15) is 0 Å². The Morgan fingerprint density at radius 1 is 1.47 bits per heavy atom. The molecule has 0 fully saturated rings. The summed E-state index contributed by atoms with van der Waals surface area (Å²) in [5.74, 6) is 1.79. The minimum Gasteiger partial charge on any atom is -0.394 e. The fourth-order valence-electron chi connectivity index (χ4n) is 1.22. The summed E-state index contributed by atoms with van der Waals surface area (Å²) in [4.78, 5) is 8.36. The molecule has 0 saturated carbocycles. The summed E-state index contributed by atoms with van der Waals surface area (Å²) in [5.41, 5.74) is 0. The van der Waals surface area contributed by atoms with Crippen LogP contribution in [0.25, 0.3) is 0 Å². The predicted molar refractivity (Wildman–Crippen MR) is 63.8 cm³/mol. The second kappa shape index (κ2) is 5.42. The van der Waals surface area contributed by atoms with Gasteiger partial charge < -0.3 is 10.4 Å². The number of halogens is 1. The van der Waals surface area contributed by atoms with Gasteiger partial charge in [-0.1, -0.05) is 13.8 Å². The van der Waals surface area contributed by atoms with Gasteiger partial charge in [0.05, 0.1) is 12.6 Å². The van der Waals surface area contributed by atoms with Gasteiger partial charge in [0.25, 0.3) is 0 Å². The molecule has 0 spiro atoms. The van der Waals surface area contributed by atoms with Crippen molar-refractivity contribution < 1.29 is 5.11 Å². The normalized spacial score (nSPS) is 12.9. The van der Waals surface area contributed by atoms with E-state index in [4.69, 9.17) is 0 Å². The first-order valence-electron chi connectivity index (χ1n) is 4.91. The van der Waals surface area contributed by atoms with Crippen LogP contribution in [-0.2, 0) is 0 Å². The third kappa shape index (κ3) is 3.76. The van der Waals surface area contributed by atoms with Crippen LogP contribution in [-0.4, -0.2) is 27.7 Å². The number of nitrogens with one attached hydrogen (secondary N) is 1. The van der Waals surface area contributed by atoms with Crippen LogP contribution in [0.1, 0.15) is 19.7 Å². The van der Waals surface area contributed by atoms with Gasteiger partial charge in [0, 0.05) is 6.07 Å². The molecule has 0 aliphatic carbocycles. The van der Waals surface area contributed by atoms with E-state index in [0.717, 1.165) is 10.4 Å². The van der Waals surface area contributed by atoms with Gasteiger partial charge in [-0.15, -0.1) is 0 Å². The molecule has 0 bridgehead atoms. The van der Waals surface area contributed by atoms with E-state index >= 15 is 0 Å². The van der Waals surface area contributed by atoms with E-state index in [9.17, 15) is 5.11 Å². The Balaban J connectivity index is 2.79. The Morgan fingerprint density at radius 3 is 2.60 bits per heavy atom. The lowest BCUT2D eigenvalue weighted by molar-refractivity contribution is 0.249. The maximum Gasteiger partial charge on any atom is 0.131 e. The van der Waals surface area contributed by atoms with Gasteiger partial charge in [0.2, 0.25) is 0 Å². The lowest BCUT2D eigenvalue weighted by Crippen LogP contribution is -2.29. The van der Waals surface area contributed by atoms with E-state index in [1.165, 1.54) is 0 Å². The Labute approximate surface area is 98.3 Å². The minimum atomic E-state index is 0.0196. The third-order valence-electron chi connectivity index (χ3n) is 2.14. The van der Waals surface area contributed by atoms with Gasteiger partial charge >= 0.3 is 0 Å². The first-order chi connectivity index (χ1) is 7.02. The van der Waals surface area contributed by atoms with Crippen LogP contribution in [0.5, 0.6) is 0 Å². The summed E-state index contributed by atoms with van der Waals surface area (Å²) < 4.78 is 0.748. The zero-order valence-corrected chi connectivity index (χ0v) is 10.7. The van der Waals surface area contributed by atoms with E-state index in [1.54, 1.807) is 6.07 Å². The molecule has 4 nitrogen and oxygen atoms in total. The molecule has 0 aliphatic rings. The molecular weight excluding hydrogens is 258 g/mol. The topological polar surface area (TPSA) is 58.0 Å². The summed E-state index contributed by atoms with van der Waals surface area (Å²) >= 11 is 3.31. The Morgan fingerprint density at radius 2 is 2.13 bits per heavy atom. The molecule has 1 aromatic heterocycles. The van der Waals surface area contributed by atoms with Crippen LogP contribution in [0, 0.1) is 12.8 Å². The van der Waals surface area contributed by atoms with Gasteiger partial charge in [-0.3, -0.25) is 0 Å². The summed E-state index contributed by atoms with van der Waals surface area (Å²) in [6, 6.07) is 1.82. The molecule has 1 heterocycles. The third-order valence-corrected chi connectivity index (χ3v) is 2.55. The van der Waals surface area contributed by atoms with E-state index in [-0.39, 0.29) is 12.6 Å². The summed E-state index contributed by atoms with van der Waals surface area (Å²) in [5, 5.41) is 12.4. The fourth-order valence-corrected chi connectivity index (χ4v) is 1.69. The standard InChI is InChI=1S/C10H16BrN3O/c1-6(2)8(5-15)14-10-4-9(11)12-7(3)13-10/h4,6,8,15H,5H2,1-3H3,(H,12,13,14)/t8-/m1/s1. The monoisotopic (exact) mass is 273 g/mol. The second-order valence-corrected chi connectivity index (χ2v) is 4.61. The van der Waals surface area contributed by atoms with Crippen LogP contribution in [0.15, 0.2) is 10.7 Å². The highest BCUT2D eigenvalue weighted by Gasteiger charge is 2.12. The van der Waals surface area contributed by atoms with E-state index in [1.807, 2.05) is 6.92 Å². The van der Waals surface area contributed by atoms with Crippen molar-refractivity contribution >= 4 is 21.7 Å². The highest BCUT2D eigenvalue weighted by atomic mass is 79.9. The Hall–Kier alpha value is -0.680. The Kier molecular flexibility index (Phi) is 4.47. The van der Waals surface area contributed by atoms with Crippen molar-refractivity contribution in [3.63, 3.8) is 0 Å². The molecule has 0 aliphatic heterocycles. The van der Waals surface area contributed by atoms with Gasteiger partial charge in [-0.25, -0.2) is 9.97 Å². The molecule has 2 N–H and O–H groups in total. The molecule has 1 aromatic rings. The number of nitrogens with zero attached hydrogens (tertiary/aromatic N) is 2. The number of anilines is 1. The van der Waals surface area contributed by atoms with Crippen molar-refractivity contribution in [2.24, 2.45) is 5.92 Å². The molecular formula is C10H16BrN3O. The lowest BCUT2D eigenvalue weighted by Gasteiger charge is -2.20. The molecule has 0 unspecified atom stereocenters. The average Bonchev–Trinajstić information content (AvgIpc) is 2.12. The molecule has 1 rings (SSSR count). The molecule has 5 heteroatoms. The number of rotatable bonds is 4. The number of aryl methyl sites for hydroxylation is 1. The van der Waals surface area contributed by atoms with Crippen LogP contribution in [0.3, 0.4) is 0 Å². The number of hydrogen-bond acceptors (Lipinski definition) is 4. The summed E-state index contributed by atoms with van der Waals surface area (Å²) in [7, 11) is 0. The zero-order chi connectivity index (χ0) is 11.4. The van der Waals surface area contributed by atoms with Gasteiger partial charge in [0.15, 0.2) is 0 Å². The molecule has 84 valence electrons. The van der Waals surface area contributed by atoms with Crippen molar-refractivity contribution in [2.45, 2.75) is 26.8 Å². The van der Waals surface area contributed by atoms with Crippen molar-refractivity contribution in [2.75, 3.05) is 11.9 Å². The van der Waals surface area contributed by atoms with Crippen LogP contribution < -0.4 is 5.32 Å². The SMILES string of the molecule is Cc1nc(Br)cc(N[C@H](CO)C(C)C)n1. The molecule has 15 heavy (non-hydrogen) atoms. The van der Waals surface area contributed by atoms with Crippen LogP contribution in [0.4, 0.5) is 5.82 Å². The second-order valence-electron chi connectivity index (χ2n) is 3.80. The minimum absolute atomic E-state index is 0.0196. The summed E-state index contributed by atoms with van der Waals surface area (Å²) in [6.45, 7) is 6.03. The Bertz CT molecular complexity index is 310. The highest BCUT2D eigenvalue weighted by molar-refractivity contribution is 9.10. The van der Waals surface area contributed by atoms with E-state index in [0.29, 0.717) is 11.7 Å². The molecule has 0 amide bonds. The zero-order valence-electron chi connectivity index (χ0n) is 9.16. The van der Waals surface area contributed by atoms with Crippen molar-refractivity contribution in [3.05, 3.63) is 16.5 Å². The van der Waals surface area contributed by atoms with Crippen LogP contribution in [0.2, 0.25) is 0 Å². The maximum atomic E-state index is 9.18. The predicted octanol–water partition coefficient (Wildman–Crippen LogP) is 1.98. The van der Waals surface area contributed by atoms with E-state index < -0.39 is 0 Å². The highest BCUT2D eigenvalue weighted by Crippen LogP contribution is 2.14. The fraction of sp³-hybridized carbons (Fsp3) is 0.600. The molecule has 1 atom stereocenters. The molecule has 0 radical (unpaired) electrons. The first-order valence-corrected chi connectivity index (χ1v) is 5.70. The van der Waals surface area contributed by atoms with Crippen molar-refractivity contribution in [3.8, 4) is 0 Å². The smallest absolute Gasteiger partial charge is 0.131 e. The first kappa shape index (κ1) is 12.4. The van der Waals surface area contributed by atoms with Gasteiger partial charge in [-0.05, 0) is 28.8 Å². The number of aliphatic hydroxyl groups is 1. The summed E-state index contributed by atoms with van der Waals surface area (Å²) in [6.07, 6.45) is 0. The average molecular weight is 274 g/mol. The largest absolute Gasteiger partial charge is 0.394 e. The molecule has 0 saturated heterocycles. The van der Waals surface area contributed by atoms with Crippen molar-refractivity contribution in [1.29, 1.82) is 0 Å². The number of hydrogen-bond donors (Lipinski definition) is 2. The van der Waals surface area contributed by atoms with Crippen molar-refractivity contribution in [1.82, 2.24) is 9.97 Å². The maximum absolute atomic E-state index is 9.18.